The van der Waals surface area contributed by atoms with Crippen LogP contribution in [0.4, 0.5) is 0 Å². The summed E-state index contributed by atoms with van der Waals surface area (Å²) in [7, 11) is 2.03. The van der Waals surface area contributed by atoms with Crippen molar-refractivity contribution in [2.45, 2.75) is 26.2 Å². The molecule has 2 aromatic rings. The van der Waals surface area contributed by atoms with E-state index >= 15 is 0 Å². The first-order valence-corrected chi connectivity index (χ1v) is 6.96. The molecule has 1 unspecified atom stereocenters. The van der Waals surface area contributed by atoms with Gasteiger partial charge in [0.2, 0.25) is 0 Å². The highest BCUT2D eigenvalue weighted by Gasteiger charge is 2.11. The molecular weight excluding hydrogens is 230 g/mol. The van der Waals surface area contributed by atoms with Crippen molar-refractivity contribution in [3.05, 3.63) is 70.8 Å². The molecule has 0 fully saturated rings. The largest absolute Gasteiger partial charge is 0.319 e. The average Bonchev–Trinajstić information content (AvgIpc) is 2.39. The number of benzene rings is 2. The van der Waals surface area contributed by atoms with Crippen molar-refractivity contribution in [2.24, 2.45) is 0 Å². The number of nitrogens with one attached hydrogen (secondary N) is 1. The normalized spacial score (nSPS) is 12.4. The molecule has 0 amide bonds. The average molecular weight is 253 g/mol. The molecule has 2 rings (SSSR count). The molecule has 0 bridgehead atoms. The first-order valence-electron chi connectivity index (χ1n) is 6.96. The van der Waals surface area contributed by atoms with Gasteiger partial charge in [-0.25, -0.2) is 0 Å². The van der Waals surface area contributed by atoms with Crippen molar-refractivity contribution >= 4 is 0 Å². The number of likely N-dealkylation sites (N-methyl/N-ethyl adjacent to an activating group) is 1. The smallest absolute Gasteiger partial charge is 0.00203 e. The summed E-state index contributed by atoms with van der Waals surface area (Å²) in [6.45, 7) is 5.30. The van der Waals surface area contributed by atoms with Crippen LogP contribution in [-0.2, 0) is 6.42 Å². The zero-order chi connectivity index (χ0) is 13.7. The molecule has 0 heterocycles. The molecule has 0 aromatic heterocycles. The molecule has 1 atom stereocenters. The fourth-order valence-electron chi connectivity index (χ4n) is 2.52. The van der Waals surface area contributed by atoms with E-state index in [0.29, 0.717) is 5.92 Å². The van der Waals surface area contributed by atoms with Crippen LogP contribution >= 0.6 is 0 Å². The van der Waals surface area contributed by atoms with Crippen molar-refractivity contribution in [1.29, 1.82) is 0 Å². The quantitative estimate of drug-likeness (QED) is 0.853. The first-order chi connectivity index (χ1) is 9.19. The summed E-state index contributed by atoms with van der Waals surface area (Å²) in [5.41, 5.74) is 5.49. The van der Waals surface area contributed by atoms with Gasteiger partial charge in [-0.3, -0.25) is 0 Å². The van der Waals surface area contributed by atoms with Gasteiger partial charge in [-0.15, -0.1) is 0 Å². The number of hydrogen-bond acceptors (Lipinski definition) is 1. The lowest BCUT2D eigenvalue weighted by Crippen LogP contribution is -2.19. The third-order valence-corrected chi connectivity index (χ3v) is 3.56. The van der Waals surface area contributed by atoms with Crippen molar-refractivity contribution in [1.82, 2.24) is 5.32 Å². The molecule has 0 aliphatic rings. The molecule has 0 aliphatic carbocycles. The summed E-state index contributed by atoms with van der Waals surface area (Å²) in [6, 6.07) is 17.7. The number of rotatable bonds is 5. The molecule has 0 aliphatic heterocycles. The minimum absolute atomic E-state index is 0.535. The van der Waals surface area contributed by atoms with E-state index in [1.54, 1.807) is 0 Å². The van der Waals surface area contributed by atoms with Crippen LogP contribution < -0.4 is 5.32 Å². The summed E-state index contributed by atoms with van der Waals surface area (Å²) in [4.78, 5) is 0. The van der Waals surface area contributed by atoms with Gasteiger partial charge >= 0.3 is 0 Å². The van der Waals surface area contributed by atoms with Gasteiger partial charge in [-0.05, 0) is 38.4 Å². The highest BCUT2D eigenvalue weighted by atomic mass is 14.8. The zero-order valence-corrected chi connectivity index (χ0v) is 12.1. The van der Waals surface area contributed by atoms with Crippen LogP contribution in [0.1, 0.15) is 28.2 Å². The van der Waals surface area contributed by atoms with Crippen molar-refractivity contribution < 1.29 is 0 Å². The van der Waals surface area contributed by atoms with Gasteiger partial charge in [0.05, 0.1) is 0 Å². The maximum atomic E-state index is 3.32. The highest BCUT2D eigenvalue weighted by Crippen LogP contribution is 2.21. The van der Waals surface area contributed by atoms with E-state index in [2.05, 4.69) is 67.7 Å². The number of hydrogen-bond donors (Lipinski definition) is 1. The van der Waals surface area contributed by atoms with Gasteiger partial charge in [0, 0.05) is 12.5 Å². The minimum Gasteiger partial charge on any atom is -0.319 e. The Morgan fingerprint density at radius 3 is 2.32 bits per heavy atom. The van der Waals surface area contributed by atoms with E-state index in [1.165, 1.54) is 22.3 Å². The summed E-state index contributed by atoms with van der Waals surface area (Å²) in [6.07, 6.45) is 1.09. The van der Waals surface area contributed by atoms with Gasteiger partial charge in [0.1, 0.15) is 0 Å². The highest BCUT2D eigenvalue weighted by molar-refractivity contribution is 5.29. The third kappa shape index (κ3) is 3.93. The Morgan fingerprint density at radius 1 is 0.947 bits per heavy atom. The Balaban J connectivity index is 2.18. The standard InChI is InChI=1S/C18H23N/c1-14-7-9-17(10-8-14)18(13-19-3)12-16-6-4-5-15(2)11-16/h4-11,18-19H,12-13H2,1-3H3. The molecule has 0 radical (unpaired) electrons. The molecule has 0 spiro atoms. The fraction of sp³-hybridized carbons (Fsp3) is 0.333. The summed E-state index contributed by atoms with van der Waals surface area (Å²) >= 11 is 0. The second-order valence-electron chi connectivity index (χ2n) is 5.36. The van der Waals surface area contributed by atoms with Gasteiger partial charge < -0.3 is 5.32 Å². The fourth-order valence-corrected chi connectivity index (χ4v) is 2.52. The van der Waals surface area contributed by atoms with Crippen molar-refractivity contribution in [3.8, 4) is 0 Å². The second kappa shape index (κ2) is 6.53. The van der Waals surface area contributed by atoms with Crippen LogP contribution in [0, 0.1) is 13.8 Å². The second-order valence-corrected chi connectivity index (χ2v) is 5.36. The van der Waals surface area contributed by atoms with Crippen LogP contribution in [0.25, 0.3) is 0 Å². The van der Waals surface area contributed by atoms with E-state index in [0.717, 1.165) is 13.0 Å². The van der Waals surface area contributed by atoms with Crippen LogP contribution in [0.5, 0.6) is 0 Å². The minimum atomic E-state index is 0.535. The molecule has 2 aromatic carbocycles. The Morgan fingerprint density at radius 2 is 1.68 bits per heavy atom. The molecule has 1 heteroatoms. The predicted octanol–water partition coefficient (Wildman–Crippen LogP) is 3.85. The zero-order valence-electron chi connectivity index (χ0n) is 12.1. The molecule has 1 N–H and O–H groups in total. The Labute approximate surface area is 116 Å². The van der Waals surface area contributed by atoms with E-state index < -0.39 is 0 Å². The van der Waals surface area contributed by atoms with Gasteiger partial charge in [0.25, 0.3) is 0 Å². The summed E-state index contributed by atoms with van der Waals surface area (Å²) < 4.78 is 0. The predicted molar refractivity (Wildman–Crippen MR) is 82.7 cm³/mol. The number of aryl methyl sites for hydroxylation is 2. The SMILES string of the molecule is CNCC(Cc1cccc(C)c1)c1ccc(C)cc1. The van der Waals surface area contributed by atoms with Gasteiger partial charge in [-0.2, -0.15) is 0 Å². The molecular formula is C18H23N. The monoisotopic (exact) mass is 253 g/mol. The first kappa shape index (κ1) is 13.8. The van der Waals surface area contributed by atoms with Crippen LogP contribution in [0.15, 0.2) is 48.5 Å². The lowest BCUT2D eigenvalue weighted by atomic mass is 9.91. The molecule has 19 heavy (non-hydrogen) atoms. The van der Waals surface area contributed by atoms with Crippen LogP contribution in [0.2, 0.25) is 0 Å². The van der Waals surface area contributed by atoms with Crippen molar-refractivity contribution in [2.75, 3.05) is 13.6 Å². The summed E-state index contributed by atoms with van der Waals surface area (Å²) in [5.74, 6) is 0.535. The van der Waals surface area contributed by atoms with Crippen LogP contribution in [-0.4, -0.2) is 13.6 Å². The Hall–Kier alpha value is -1.60. The van der Waals surface area contributed by atoms with Gasteiger partial charge in [0.15, 0.2) is 0 Å². The topological polar surface area (TPSA) is 12.0 Å². The van der Waals surface area contributed by atoms with Gasteiger partial charge in [-0.1, -0.05) is 59.7 Å². The lowest BCUT2D eigenvalue weighted by Gasteiger charge is -2.18. The van der Waals surface area contributed by atoms with E-state index in [4.69, 9.17) is 0 Å². The van der Waals surface area contributed by atoms with E-state index in [9.17, 15) is 0 Å². The molecule has 100 valence electrons. The Bertz CT molecular complexity index is 513. The van der Waals surface area contributed by atoms with E-state index in [-0.39, 0.29) is 0 Å². The van der Waals surface area contributed by atoms with E-state index in [1.807, 2.05) is 7.05 Å². The molecule has 0 saturated carbocycles. The maximum Gasteiger partial charge on any atom is 0.00203 e. The Kier molecular flexibility index (Phi) is 4.75. The molecule has 1 nitrogen and oxygen atoms in total. The van der Waals surface area contributed by atoms with Crippen molar-refractivity contribution in [3.63, 3.8) is 0 Å². The lowest BCUT2D eigenvalue weighted by molar-refractivity contribution is 0.625. The molecule has 0 saturated heterocycles. The summed E-state index contributed by atoms with van der Waals surface area (Å²) in [5, 5.41) is 3.32. The maximum absolute atomic E-state index is 3.32. The van der Waals surface area contributed by atoms with Crippen LogP contribution in [0.3, 0.4) is 0 Å². The third-order valence-electron chi connectivity index (χ3n) is 3.56.